The molecule has 0 fully saturated rings. The molecule has 1 heterocycles. The first-order valence-corrected chi connectivity index (χ1v) is 8.36. The van der Waals surface area contributed by atoms with Crippen LogP contribution in [0.1, 0.15) is 11.1 Å². The van der Waals surface area contributed by atoms with Gasteiger partial charge in [0.15, 0.2) is 0 Å². The predicted molar refractivity (Wildman–Crippen MR) is 89.7 cm³/mol. The van der Waals surface area contributed by atoms with E-state index in [1.54, 1.807) is 43.5 Å². The van der Waals surface area contributed by atoms with Crippen LogP contribution in [0.5, 0.6) is 11.5 Å². The van der Waals surface area contributed by atoms with Gasteiger partial charge in [0.05, 0.1) is 12.8 Å². The third-order valence-corrected chi connectivity index (χ3v) is 3.82. The van der Waals surface area contributed by atoms with E-state index < -0.39 is 10.3 Å². The van der Waals surface area contributed by atoms with Crippen molar-refractivity contribution in [3.63, 3.8) is 0 Å². The molecule has 1 aliphatic rings. The number of nitrogens with one attached hydrogen (secondary N) is 1. The van der Waals surface area contributed by atoms with Gasteiger partial charge in [0.2, 0.25) is 0 Å². The van der Waals surface area contributed by atoms with Crippen molar-refractivity contribution >= 4 is 33.5 Å². The van der Waals surface area contributed by atoms with E-state index in [4.69, 9.17) is 9.88 Å². The van der Waals surface area contributed by atoms with E-state index in [0.29, 0.717) is 22.6 Å². The Kier molecular flexibility index (Phi) is 4.00. The Bertz CT molecular complexity index is 951. The molecule has 3 rings (SSSR count). The number of benzene rings is 2. The summed E-state index contributed by atoms with van der Waals surface area (Å²) in [5.74, 6) is 0.454. The van der Waals surface area contributed by atoms with Crippen LogP contribution >= 0.6 is 0 Å². The molecule has 0 aromatic heterocycles. The summed E-state index contributed by atoms with van der Waals surface area (Å²) in [5.41, 5.74) is 2.45. The van der Waals surface area contributed by atoms with E-state index in [1.165, 1.54) is 12.1 Å². The normalized spacial score (nSPS) is 15.1. The molecule has 0 saturated carbocycles. The molecule has 0 atom stereocenters. The summed E-state index contributed by atoms with van der Waals surface area (Å²) in [6.45, 7) is 0. The number of nitrogens with two attached hydrogens (primary N) is 1. The predicted octanol–water partition coefficient (Wildman–Crippen LogP) is 1.77. The van der Waals surface area contributed by atoms with Crippen LogP contribution in [-0.2, 0) is 15.1 Å². The highest BCUT2D eigenvalue weighted by Crippen LogP contribution is 2.35. The number of amides is 1. The van der Waals surface area contributed by atoms with Gasteiger partial charge in [0.1, 0.15) is 11.5 Å². The molecule has 2 aromatic carbocycles. The molecule has 1 aliphatic heterocycles. The SMILES string of the molecule is COc1ccc2c(c1)NC(=O)/C2=C/c1cccc(OS(N)(=O)=O)c1. The number of methoxy groups -OCH3 is 1. The molecule has 7 nitrogen and oxygen atoms in total. The summed E-state index contributed by atoms with van der Waals surface area (Å²) in [6.07, 6.45) is 1.64. The van der Waals surface area contributed by atoms with E-state index in [1.807, 2.05) is 0 Å². The first-order chi connectivity index (χ1) is 11.4. The van der Waals surface area contributed by atoms with Gasteiger partial charge in [-0.2, -0.15) is 13.6 Å². The number of rotatable bonds is 4. The van der Waals surface area contributed by atoms with E-state index in [9.17, 15) is 13.2 Å². The first kappa shape index (κ1) is 16.0. The highest BCUT2D eigenvalue weighted by Gasteiger charge is 2.24. The van der Waals surface area contributed by atoms with Gasteiger partial charge < -0.3 is 14.2 Å². The Balaban J connectivity index is 1.98. The van der Waals surface area contributed by atoms with E-state index in [2.05, 4.69) is 9.50 Å². The average molecular weight is 346 g/mol. The summed E-state index contributed by atoms with van der Waals surface area (Å²) in [7, 11) is -2.55. The number of hydrogen-bond donors (Lipinski definition) is 2. The average Bonchev–Trinajstić information content (AvgIpc) is 2.81. The van der Waals surface area contributed by atoms with Crippen LogP contribution in [0.25, 0.3) is 11.6 Å². The van der Waals surface area contributed by atoms with Gasteiger partial charge in [0, 0.05) is 17.2 Å². The monoisotopic (exact) mass is 346 g/mol. The maximum absolute atomic E-state index is 12.2. The molecule has 124 valence electrons. The number of carbonyl (C=O) groups excluding carboxylic acids is 1. The lowest BCUT2D eigenvalue weighted by atomic mass is 10.0. The third-order valence-electron chi connectivity index (χ3n) is 3.39. The highest BCUT2D eigenvalue weighted by molar-refractivity contribution is 7.84. The second-order valence-corrected chi connectivity index (χ2v) is 6.22. The maximum Gasteiger partial charge on any atom is 0.380 e. The van der Waals surface area contributed by atoms with Crippen molar-refractivity contribution in [3.05, 3.63) is 53.6 Å². The van der Waals surface area contributed by atoms with Crippen LogP contribution in [0, 0.1) is 0 Å². The largest absolute Gasteiger partial charge is 0.497 e. The van der Waals surface area contributed by atoms with Gasteiger partial charge >= 0.3 is 10.3 Å². The number of hydrogen-bond acceptors (Lipinski definition) is 5. The molecule has 0 radical (unpaired) electrons. The fourth-order valence-corrected chi connectivity index (χ4v) is 2.77. The number of anilines is 1. The van der Waals surface area contributed by atoms with Gasteiger partial charge in [-0.15, -0.1) is 0 Å². The van der Waals surface area contributed by atoms with Gasteiger partial charge in [-0.05, 0) is 35.9 Å². The molecule has 0 bridgehead atoms. The summed E-state index contributed by atoms with van der Waals surface area (Å²) < 4.78 is 31.8. The van der Waals surface area contributed by atoms with Crippen LogP contribution in [0.15, 0.2) is 42.5 Å². The fourth-order valence-electron chi connectivity index (χ4n) is 2.40. The zero-order chi connectivity index (χ0) is 17.3. The fraction of sp³-hybridized carbons (Fsp3) is 0.0625. The molecule has 1 amide bonds. The van der Waals surface area contributed by atoms with Gasteiger partial charge in [-0.3, -0.25) is 4.79 Å². The Labute approximate surface area is 139 Å². The van der Waals surface area contributed by atoms with Gasteiger partial charge in [0.25, 0.3) is 5.91 Å². The topological polar surface area (TPSA) is 108 Å². The minimum Gasteiger partial charge on any atom is -0.497 e. The Morgan fingerprint density at radius 2 is 1.92 bits per heavy atom. The third kappa shape index (κ3) is 3.39. The van der Waals surface area contributed by atoms with Gasteiger partial charge in [-0.1, -0.05) is 12.1 Å². The maximum atomic E-state index is 12.2. The lowest BCUT2D eigenvalue weighted by molar-refractivity contribution is -0.110. The number of fused-ring (bicyclic) bond motifs is 1. The Morgan fingerprint density at radius 3 is 2.62 bits per heavy atom. The van der Waals surface area contributed by atoms with Crippen molar-refractivity contribution < 1.29 is 22.1 Å². The lowest BCUT2D eigenvalue weighted by Crippen LogP contribution is -2.18. The zero-order valence-corrected chi connectivity index (χ0v) is 13.5. The smallest absolute Gasteiger partial charge is 0.380 e. The molecule has 0 unspecified atom stereocenters. The molecular formula is C16H14N2O5S. The van der Waals surface area contributed by atoms with Crippen LogP contribution in [0.3, 0.4) is 0 Å². The molecule has 0 spiro atoms. The second-order valence-electron chi connectivity index (χ2n) is 5.07. The van der Waals surface area contributed by atoms with Gasteiger partial charge in [-0.25, -0.2) is 0 Å². The minimum atomic E-state index is -4.10. The van der Waals surface area contributed by atoms with Crippen molar-refractivity contribution in [2.45, 2.75) is 0 Å². The summed E-state index contributed by atoms with van der Waals surface area (Å²) >= 11 is 0. The Morgan fingerprint density at radius 1 is 1.12 bits per heavy atom. The Hall–Kier alpha value is -2.84. The molecule has 2 aromatic rings. The molecule has 0 aliphatic carbocycles. The van der Waals surface area contributed by atoms with Crippen LogP contribution in [-0.4, -0.2) is 21.4 Å². The van der Waals surface area contributed by atoms with E-state index in [-0.39, 0.29) is 11.7 Å². The molecular weight excluding hydrogens is 332 g/mol. The molecule has 0 saturated heterocycles. The molecule has 8 heteroatoms. The number of ether oxygens (including phenoxy) is 1. The highest BCUT2D eigenvalue weighted by atomic mass is 32.2. The van der Waals surface area contributed by atoms with E-state index in [0.717, 1.165) is 5.56 Å². The summed E-state index contributed by atoms with van der Waals surface area (Å²) in [5, 5.41) is 7.61. The van der Waals surface area contributed by atoms with Crippen molar-refractivity contribution in [3.8, 4) is 11.5 Å². The summed E-state index contributed by atoms with van der Waals surface area (Å²) in [4.78, 5) is 12.2. The quantitative estimate of drug-likeness (QED) is 0.820. The van der Waals surface area contributed by atoms with Crippen molar-refractivity contribution in [1.29, 1.82) is 0 Å². The van der Waals surface area contributed by atoms with Crippen LogP contribution in [0.4, 0.5) is 5.69 Å². The van der Waals surface area contributed by atoms with Crippen molar-refractivity contribution in [1.82, 2.24) is 0 Å². The van der Waals surface area contributed by atoms with Crippen molar-refractivity contribution in [2.75, 3.05) is 12.4 Å². The molecule has 24 heavy (non-hydrogen) atoms. The van der Waals surface area contributed by atoms with Crippen molar-refractivity contribution in [2.24, 2.45) is 5.14 Å². The summed E-state index contributed by atoms with van der Waals surface area (Å²) in [6, 6.07) is 11.5. The molecule has 3 N–H and O–H groups in total. The van der Waals surface area contributed by atoms with Crippen LogP contribution < -0.4 is 19.4 Å². The second kappa shape index (κ2) is 5.99. The zero-order valence-electron chi connectivity index (χ0n) is 12.6. The lowest BCUT2D eigenvalue weighted by Gasteiger charge is -2.04. The van der Waals surface area contributed by atoms with Crippen LogP contribution in [0.2, 0.25) is 0 Å². The minimum absolute atomic E-state index is 0.0696. The standard InChI is InChI=1S/C16H14N2O5S/c1-22-11-5-6-13-14(16(19)18-15(13)9-11)8-10-3-2-4-12(7-10)23-24(17,20)21/h2-9H,1H3,(H,18,19)(H2,17,20,21)/b14-8+. The van der Waals surface area contributed by atoms with E-state index >= 15 is 0 Å². The first-order valence-electron chi connectivity index (χ1n) is 6.89. The number of carbonyl (C=O) groups is 1.